The first kappa shape index (κ1) is 13.1. The molecule has 3 N–H and O–H groups in total. The van der Waals surface area contributed by atoms with Crippen LogP contribution in [0.15, 0.2) is 6.20 Å². The molecule has 0 unspecified atom stereocenters. The van der Waals surface area contributed by atoms with E-state index in [-0.39, 0.29) is 0 Å². The predicted octanol–water partition coefficient (Wildman–Crippen LogP) is 1.93. The van der Waals surface area contributed by atoms with E-state index in [0.717, 1.165) is 43.6 Å². The number of nitrogens with zero attached hydrogens (tertiary/aromatic N) is 2. The SMILES string of the molecule is CCCNc1ncc(C)c(NCC2(O)CCC2)n1. The van der Waals surface area contributed by atoms with Gasteiger partial charge in [-0.1, -0.05) is 6.92 Å². The monoisotopic (exact) mass is 250 g/mol. The molecule has 1 aromatic rings. The highest BCUT2D eigenvalue weighted by molar-refractivity contribution is 5.46. The third kappa shape index (κ3) is 3.10. The van der Waals surface area contributed by atoms with Gasteiger partial charge in [0.2, 0.25) is 5.95 Å². The maximum atomic E-state index is 10.1. The topological polar surface area (TPSA) is 70.1 Å². The summed E-state index contributed by atoms with van der Waals surface area (Å²) in [4.78, 5) is 8.66. The van der Waals surface area contributed by atoms with Crippen LogP contribution in [0.25, 0.3) is 0 Å². The molecule has 1 aromatic heterocycles. The number of rotatable bonds is 6. The Hall–Kier alpha value is -1.36. The standard InChI is InChI=1S/C13H22N4O/c1-3-7-14-12-15-8-10(2)11(17-12)16-9-13(18)5-4-6-13/h8,18H,3-7,9H2,1-2H3,(H2,14,15,16,17). The summed E-state index contributed by atoms with van der Waals surface area (Å²) in [6, 6.07) is 0. The lowest BCUT2D eigenvalue weighted by molar-refractivity contribution is -0.0202. The van der Waals surface area contributed by atoms with Crippen LogP contribution in [0.2, 0.25) is 0 Å². The number of aliphatic hydroxyl groups is 1. The number of hydrogen-bond acceptors (Lipinski definition) is 5. The van der Waals surface area contributed by atoms with E-state index < -0.39 is 5.60 Å². The van der Waals surface area contributed by atoms with Gasteiger partial charge in [0, 0.05) is 24.8 Å². The van der Waals surface area contributed by atoms with Crippen LogP contribution in [0.5, 0.6) is 0 Å². The lowest BCUT2D eigenvalue weighted by atomic mass is 9.80. The third-order valence-electron chi connectivity index (χ3n) is 3.37. The van der Waals surface area contributed by atoms with Crippen LogP contribution in [0.1, 0.15) is 38.2 Å². The molecule has 1 saturated carbocycles. The Labute approximate surface area is 108 Å². The zero-order valence-electron chi connectivity index (χ0n) is 11.2. The average molecular weight is 250 g/mol. The highest BCUT2D eigenvalue weighted by Crippen LogP contribution is 2.31. The molecule has 5 heteroatoms. The Morgan fingerprint density at radius 2 is 2.17 bits per heavy atom. The Bertz CT molecular complexity index is 404. The molecule has 0 aliphatic heterocycles. The summed E-state index contributed by atoms with van der Waals surface area (Å²) in [5.41, 5.74) is 0.467. The van der Waals surface area contributed by atoms with Gasteiger partial charge in [-0.05, 0) is 32.6 Å². The molecule has 0 amide bonds. The molecule has 1 aliphatic carbocycles. The summed E-state index contributed by atoms with van der Waals surface area (Å²) in [7, 11) is 0. The number of aryl methyl sites for hydroxylation is 1. The summed E-state index contributed by atoms with van der Waals surface area (Å²) in [5, 5.41) is 16.4. The average Bonchev–Trinajstić information content (AvgIpc) is 2.34. The zero-order valence-corrected chi connectivity index (χ0v) is 11.2. The van der Waals surface area contributed by atoms with Crippen LogP contribution in [0.4, 0.5) is 11.8 Å². The smallest absolute Gasteiger partial charge is 0.224 e. The highest BCUT2D eigenvalue weighted by atomic mass is 16.3. The second-order valence-corrected chi connectivity index (χ2v) is 5.08. The summed E-state index contributed by atoms with van der Waals surface area (Å²) < 4.78 is 0. The molecule has 1 heterocycles. The molecule has 2 rings (SSSR count). The van der Waals surface area contributed by atoms with E-state index in [1.54, 1.807) is 6.20 Å². The normalized spacial score (nSPS) is 17.1. The molecule has 100 valence electrons. The molecular formula is C13H22N4O. The second-order valence-electron chi connectivity index (χ2n) is 5.08. The van der Waals surface area contributed by atoms with Crippen LogP contribution in [-0.4, -0.2) is 33.8 Å². The number of aromatic nitrogens is 2. The van der Waals surface area contributed by atoms with E-state index in [4.69, 9.17) is 0 Å². The summed E-state index contributed by atoms with van der Waals surface area (Å²) >= 11 is 0. The van der Waals surface area contributed by atoms with Crippen LogP contribution in [0, 0.1) is 6.92 Å². The third-order valence-corrected chi connectivity index (χ3v) is 3.37. The van der Waals surface area contributed by atoms with Gasteiger partial charge in [0.25, 0.3) is 0 Å². The van der Waals surface area contributed by atoms with Crippen molar-refractivity contribution in [1.82, 2.24) is 9.97 Å². The minimum Gasteiger partial charge on any atom is -0.388 e. The molecule has 1 fully saturated rings. The summed E-state index contributed by atoms with van der Waals surface area (Å²) in [5.74, 6) is 1.45. The predicted molar refractivity (Wildman–Crippen MR) is 72.8 cm³/mol. The van der Waals surface area contributed by atoms with Crippen molar-refractivity contribution < 1.29 is 5.11 Å². The van der Waals surface area contributed by atoms with Crippen molar-refractivity contribution in [2.45, 2.75) is 45.1 Å². The first-order valence-corrected chi connectivity index (χ1v) is 6.67. The second kappa shape index (κ2) is 5.52. The fraction of sp³-hybridized carbons (Fsp3) is 0.692. The van der Waals surface area contributed by atoms with Crippen LogP contribution >= 0.6 is 0 Å². The number of anilines is 2. The van der Waals surface area contributed by atoms with Gasteiger partial charge in [0.05, 0.1) is 5.60 Å². The van der Waals surface area contributed by atoms with Gasteiger partial charge >= 0.3 is 0 Å². The minimum absolute atomic E-state index is 0.533. The molecule has 0 spiro atoms. The maximum absolute atomic E-state index is 10.1. The van der Waals surface area contributed by atoms with Gasteiger partial charge in [-0.15, -0.1) is 0 Å². The van der Waals surface area contributed by atoms with Gasteiger partial charge in [-0.25, -0.2) is 4.98 Å². The lowest BCUT2D eigenvalue weighted by Gasteiger charge is -2.36. The van der Waals surface area contributed by atoms with Crippen molar-refractivity contribution in [3.63, 3.8) is 0 Å². The van der Waals surface area contributed by atoms with Crippen LogP contribution in [-0.2, 0) is 0 Å². The fourth-order valence-electron chi connectivity index (χ4n) is 1.95. The van der Waals surface area contributed by atoms with E-state index in [2.05, 4.69) is 27.5 Å². The summed E-state index contributed by atoms with van der Waals surface area (Å²) in [6.45, 7) is 5.51. The number of nitrogens with one attached hydrogen (secondary N) is 2. The summed E-state index contributed by atoms with van der Waals surface area (Å²) in [6.07, 6.45) is 5.72. The minimum atomic E-state index is -0.533. The van der Waals surface area contributed by atoms with Gasteiger partial charge in [0.1, 0.15) is 5.82 Å². The first-order valence-electron chi connectivity index (χ1n) is 6.67. The van der Waals surface area contributed by atoms with Crippen molar-refractivity contribution in [2.24, 2.45) is 0 Å². The quantitative estimate of drug-likeness (QED) is 0.719. The van der Waals surface area contributed by atoms with Crippen molar-refractivity contribution in [2.75, 3.05) is 23.7 Å². The fourth-order valence-corrected chi connectivity index (χ4v) is 1.95. The largest absolute Gasteiger partial charge is 0.388 e. The molecule has 0 radical (unpaired) electrons. The van der Waals surface area contributed by atoms with E-state index in [1.165, 1.54) is 0 Å². The Kier molecular flexibility index (Phi) is 4.01. The van der Waals surface area contributed by atoms with E-state index >= 15 is 0 Å². The van der Waals surface area contributed by atoms with E-state index in [9.17, 15) is 5.11 Å². The first-order chi connectivity index (χ1) is 8.63. The zero-order chi connectivity index (χ0) is 13.0. The Balaban J connectivity index is 1.97. The van der Waals surface area contributed by atoms with Crippen molar-refractivity contribution in [3.05, 3.63) is 11.8 Å². The van der Waals surface area contributed by atoms with Crippen molar-refractivity contribution >= 4 is 11.8 Å². The molecule has 5 nitrogen and oxygen atoms in total. The Morgan fingerprint density at radius 3 is 2.78 bits per heavy atom. The van der Waals surface area contributed by atoms with Crippen LogP contribution in [0.3, 0.4) is 0 Å². The Morgan fingerprint density at radius 1 is 1.39 bits per heavy atom. The molecule has 0 atom stereocenters. The van der Waals surface area contributed by atoms with Gasteiger partial charge in [-0.2, -0.15) is 4.98 Å². The lowest BCUT2D eigenvalue weighted by Crippen LogP contribution is -2.43. The van der Waals surface area contributed by atoms with Crippen molar-refractivity contribution in [3.8, 4) is 0 Å². The van der Waals surface area contributed by atoms with Gasteiger partial charge in [0.15, 0.2) is 0 Å². The number of hydrogen-bond donors (Lipinski definition) is 3. The molecular weight excluding hydrogens is 228 g/mol. The van der Waals surface area contributed by atoms with Gasteiger partial charge < -0.3 is 15.7 Å². The highest BCUT2D eigenvalue weighted by Gasteiger charge is 2.34. The van der Waals surface area contributed by atoms with Crippen molar-refractivity contribution in [1.29, 1.82) is 0 Å². The maximum Gasteiger partial charge on any atom is 0.224 e. The van der Waals surface area contributed by atoms with Crippen LogP contribution < -0.4 is 10.6 Å². The molecule has 1 aliphatic rings. The van der Waals surface area contributed by atoms with E-state index in [0.29, 0.717) is 12.5 Å². The molecule has 0 bridgehead atoms. The molecule has 18 heavy (non-hydrogen) atoms. The molecule has 0 saturated heterocycles. The molecule has 0 aromatic carbocycles. The van der Waals surface area contributed by atoms with Gasteiger partial charge in [-0.3, -0.25) is 0 Å². The van der Waals surface area contributed by atoms with E-state index in [1.807, 2.05) is 6.92 Å².